The van der Waals surface area contributed by atoms with E-state index in [0.717, 1.165) is 18.5 Å². The van der Waals surface area contributed by atoms with Crippen LogP contribution < -0.4 is 4.74 Å². The summed E-state index contributed by atoms with van der Waals surface area (Å²) in [6.45, 7) is 3.04. The molecule has 0 bridgehead atoms. The number of aryl methyl sites for hydroxylation is 1. The molecule has 1 fully saturated rings. The van der Waals surface area contributed by atoms with E-state index < -0.39 is 0 Å². The molecule has 1 aliphatic rings. The SMILES string of the molecule is Cc1ncoc1C(=O)N1CCC[C@H](c2cncc(Oc3ccccc3)n2)C1. The molecule has 1 aliphatic heterocycles. The summed E-state index contributed by atoms with van der Waals surface area (Å²) in [5.74, 6) is 1.46. The Morgan fingerprint density at radius 1 is 1.26 bits per heavy atom. The smallest absolute Gasteiger partial charge is 0.291 e. The van der Waals surface area contributed by atoms with E-state index in [4.69, 9.17) is 9.15 Å². The average Bonchev–Trinajstić information content (AvgIpc) is 3.14. The van der Waals surface area contributed by atoms with Crippen LogP contribution in [-0.2, 0) is 0 Å². The van der Waals surface area contributed by atoms with Gasteiger partial charge in [-0.05, 0) is 31.9 Å². The second kappa shape index (κ2) is 7.57. The van der Waals surface area contributed by atoms with E-state index in [0.29, 0.717) is 36.2 Å². The third-order valence-electron chi connectivity index (χ3n) is 4.66. The molecule has 1 aromatic carbocycles. The second-order valence-electron chi connectivity index (χ2n) is 6.55. The number of likely N-dealkylation sites (tertiary alicyclic amines) is 1. The molecule has 7 nitrogen and oxygen atoms in total. The molecule has 3 aromatic rings. The number of carbonyl (C=O) groups is 1. The monoisotopic (exact) mass is 364 g/mol. The van der Waals surface area contributed by atoms with Gasteiger partial charge in [0.25, 0.3) is 5.91 Å². The van der Waals surface area contributed by atoms with Crippen molar-refractivity contribution in [1.82, 2.24) is 19.9 Å². The highest BCUT2D eigenvalue weighted by molar-refractivity contribution is 5.92. The van der Waals surface area contributed by atoms with Crippen molar-refractivity contribution in [1.29, 1.82) is 0 Å². The number of benzene rings is 1. The van der Waals surface area contributed by atoms with Crippen molar-refractivity contribution in [2.24, 2.45) is 0 Å². The molecule has 7 heteroatoms. The minimum Gasteiger partial charge on any atom is -0.438 e. The van der Waals surface area contributed by atoms with Crippen LogP contribution in [0.1, 0.15) is 40.7 Å². The molecule has 0 radical (unpaired) electrons. The van der Waals surface area contributed by atoms with Gasteiger partial charge in [-0.1, -0.05) is 18.2 Å². The van der Waals surface area contributed by atoms with E-state index in [1.807, 2.05) is 30.3 Å². The van der Waals surface area contributed by atoms with E-state index in [2.05, 4.69) is 15.0 Å². The molecular formula is C20H20N4O3. The zero-order chi connectivity index (χ0) is 18.6. The molecule has 2 aromatic heterocycles. The summed E-state index contributed by atoms with van der Waals surface area (Å²) in [6.07, 6.45) is 6.49. The predicted octanol–water partition coefficient (Wildman–Crippen LogP) is 3.59. The lowest BCUT2D eigenvalue weighted by molar-refractivity contribution is 0.0672. The van der Waals surface area contributed by atoms with Crippen molar-refractivity contribution in [3.8, 4) is 11.6 Å². The fourth-order valence-electron chi connectivity index (χ4n) is 3.27. The Kier molecular flexibility index (Phi) is 4.82. The lowest BCUT2D eigenvalue weighted by Crippen LogP contribution is -2.39. The first-order chi connectivity index (χ1) is 13.2. The molecule has 4 rings (SSSR count). The number of para-hydroxylation sites is 1. The number of oxazole rings is 1. The molecule has 1 saturated heterocycles. The van der Waals surface area contributed by atoms with Gasteiger partial charge in [-0.25, -0.2) is 9.97 Å². The highest BCUT2D eigenvalue weighted by Gasteiger charge is 2.29. The Hall–Kier alpha value is -3.22. The first-order valence-corrected chi connectivity index (χ1v) is 8.95. The summed E-state index contributed by atoms with van der Waals surface area (Å²) in [7, 11) is 0. The number of nitrogens with zero attached hydrogens (tertiary/aromatic N) is 4. The van der Waals surface area contributed by atoms with E-state index in [9.17, 15) is 4.79 Å². The Balaban J connectivity index is 1.49. The highest BCUT2D eigenvalue weighted by Crippen LogP contribution is 2.28. The summed E-state index contributed by atoms with van der Waals surface area (Å²) < 4.78 is 11.0. The Morgan fingerprint density at radius 2 is 2.11 bits per heavy atom. The number of rotatable bonds is 4. The number of hydrogen-bond donors (Lipinski definition) is 0. The highest BCUT2D eigenvalue weighted by atomic mass is 16.5. The molecule has 0 saturated carbocycles. The standard InChI is InChI=1S/C20H20N4O3/c1-14-19(26-13-22-14)20(25)24-9-5-6-15(12-24)17-10-21-11-18(23-17)27-16-7-3-2-4-8-16/h2-4,7-8,10-11,13,15H,5-6,9,12H2,1H3/t15-/m0/s1. The molecule has 3 heterocycles. The van der Waals surface area contributed by atoms with Crippen molar-refractivity contribution >= 4 is 5.91 Å². The van der Waals surface area contributed by atoms with Crippen LogP contribution in [0.3, 0.4) is 0 Å². The molecule has 0 spiro atoms. The van der Waals surface area contributed by atoms with Gasteiger partial charge < -0.3 is 14.1 Å². The van der Waals surface area contributed by atoms with Gasteiger partial charge in [0.2, 0.25) is 11.6 Å². The van der Waals surface area contributed by atoms with Crippen molar-refractivity contribution in [3.05, 3.63) is 66.3 Å². The second-order valence-corrected chi connectivity index (χ2v) is 6.55. The van der Waals surface area contributed by atoms with E-state index in [-0.39, 0.29) is 11.8 Å². The third-order valence-corrected chi connectivity index (χ3v) is 4.66. The fourth-order valence-corrected chi connectivity index (χ4v) is 3.27. The first kappa shape index (κ1) is 17.2. The molecule has 27 heavy (non-hydrogen) atoms. The minimum atomic E-state index is -0.126. The summed E-state index contributed by atoms with van der Waals surface area (Å²) in [4.78, 5) is 27.4. The molecule has 138 valence electrons. The maximum atomic E-state index is 12.7. The normalized spacial score (nSPS) is 16.9. The van der Waals surface area contributed by atoms with Gasteiger partial charge in [0, 0.05) is 25.2 Å². The number of piperidine rings is 1. The Morgan fingerprint density at radius 3 is 2.89 bits per heavy atom. The number of ether oxygens (including phenoxy) is 1. The Bertz CT molecular complexity index is 926. The van der Waals surface area contributed by atoms with Crippen LogP contribution in [0.5, 0.6) is 11.6 Å². The van der Waals surface area contributed by atoms with Crippen molar-refractivity contribution in [2.45, 2.75) is 25.7 Å². The number of carbonyl (C=O) groups excluding carboxylic acids is 1. The molecule has 0 unspecified atom stereocenters. The van der Waals surface area contributed by atoms with E-state index in [1.165, 1.54) is 6.39 Å². The summed E-state index contributed by atoms with van der Waals surface area (Å²) in [6, 6.07) is 9.48. The Labute approximate surface area is 157 Å². The summed E-state index contributed by atoms with van der Waals surface area (Å²) in [5.41, 5.74) is 1.44. The maximum Gasteiger partial charge on any atom is 0.291 e. The van der Waals surface area contributed by atoms with Gasteiger partial charge in [0.05, 0.1) is 17.6 Å². The molecular weight excluding hydrogens is 344 g/mol. The van der Waals surface area contributed by atoms with Gasteiger partial charge in [-0.2, -0.15) is 0 Å². The quantitative estimate of drug-likeness (QED) is 0.704. The van der Waals surface area contributed by atoms with Crippen LogP contribution in [0, 0.1) is 6.92 Å². The fraction of sp³-hybridized carbons (Fsp3) is 0.300. The van der Waals surface area contributed by atoms with Gasteiger partial charge in [-0.15, -0.1) is 0 Å². The van der Waals surface area contributed by atoms with E-state index in [1.54, 1.807) is 24.2 Å². The van der Waals surface area contributed by atoms with Crippen molar-refractivity contribution in [3.63, 3.8) is 0 Å². The van der Waals surface area contributed by atoms with Crippen LogP contribution in [0.15, 0.2) is 53.5 Å². The zero-order valence-corrected chi connectivity index (χ0v) is 15.0. The lowest BCUT2D eigenvalue weighted by Gasteiger charge is -2.31. The summed E-state index contributed by atoms with van der Waals surface area (Å²) >= 11 is 0. The third kappa shape index (κ3) is 3.81. The number of hydrogen-bond acceptors (Lipinski definition) is 6. The van der Waals surface area contributed by atoms with Crippen molar-refractivity contribution < 1.29 is 13.9 Å². The van der Waals surface area contributed by atoms with Gasteiger partial charge in [-0.3, -0.25) is 9.78 Å². The number of amides is 1. The summed E-state index contributed by atoms with van der Waals surface area (Å²) in [5, 5.41) is 0. The first-order valence-electron chi connectivity index (χ1n) is 8.95. The molecule has 1 atom stereocenters. The van der Waals surface area contributed by atoms with Crippen LogP contribution in [-0.4, -0.2) is 38.8 Å². The van der Waals surface area contributed by atoms with Crippen LogP contribution in [0.2, 0.25) is 0 Å². The largest absolute Gasteiger partial charge is 0.438 e. The van der Waals surface area contributed by atoms with E-state index >= 15 is 0 Å². The lowest BCUT2D eigenvalue weighted by atomic mass is 9.95. The number of aromatic nitrogens is 3. The van der Waals surface area contributed by atoms with Crippen LogP contribution in [0.25, 0.3) is 0 Å². The zero-order valence-electron chi connectivity index (χ0n) is 15.0. The molecule has 0 aliphatic carbocycles. The molecule has 1 amide bonds. The topological polar surface area (TPSA) is 81.4 Å². The van der Waals surface area contributed by atoms with Crippen LogP contribution in [0.4, 0.5) is 0 Å². The van der Waals surface area contributed by atoms with Crippen molar-refractivity contribution in [2.75, 3.05) is 13.1 Å². The average molecular weight is 364 g/mol. The minimum absolute atomic E-state index is 0.109. The van der Waals surface area contributed by atoms with Gasteiger partial charge in [0.1, 0.15) is 5.75 Å². The van der Waals surface area contributed by atoms with Gasteiger partial charge in [0.15, 0.2) is 6.39 Å². The maximum absolute atomic E-state index is 12.7. The van der Waals surface area contributed by atoms with Crippen LogP contribution >= 0.6 is 0 Å². The predicted molar refractivity (Wildman–Crippen MR) is 97.7 cm³/mol. The van der Waals surface area contributed by atoms with Gasteiger partial charge >= 0.3 is 0 Å². The molecule has 0 N–H and O–H groups in total.